The summed E-state index contributed by atoms with van der Waals surface area (Å²) in [5, 5.41) is 10.5. The van der Waals surface area contributed by atoms with Crippen molar-refractivity contribution in [3.8, 4) is 0 Å². The van der Waals surface area contributed by atoms with Crippen LogP contribution < -0.4 is 0 Å². The van der Waals surface area contributed by atoms with Gasteiger partial charge in [-0.15, -0.1) is 0 Å². The van der Waals surface area contributed by atoms with Gasteiger partial charge in [0.15, 0.2) is 0 Å². The number of hydrogen-bond donors (Lipinski definition) is 1. The molecule has 0 aliphatic heterocycles. The van der Waals surface area contributed by atoms with Crippen LogP contribution in [0.2, 0.25) is 5.02 Å². The summed E-state index contributed by atoms with van der Waals surface area (Å²) < 4.78 is 13.8. The molecule has 0 saturated heterocycles. The van der Waals surface area contributed by atoms with E-state index in [1.54, 1.807) is 6.07 Å². The maximum atomic E-state index is 12.9. The quantitative estimate of drug-likeness (QED) is 0.878. The maximum absolute atomic E-state index is 12.9. The van der Waals surface area contributed by atoms with E-state index in [2.05, 4.69) is 15.9 Å². The minimum atomic E-state index is -0.677. The monoisotopic (exact) mass is 328 g/mol. The van der Waals surface area contributed by atoms with Gasteiger partial charge in [0.1, 0.15) is 5.82 Å². The van der Waals surface area contributed by atoms with Gasteiger partial charge >= 0.3 is 0 Å². The van der Waals surface area contributed by atoms with E-state index in [1.165, 1.54) is 12.1 Å². The highest BCUT2D eigenvalue weighted by atomic mass is 79.9. The van der Waals surface area contributed by atoms with Gasteiger partial charge in [-0.3, -0.25) is 0 Å². The van der Waals surface area contributed by atoms with Crippen LogP contribution in [0.15, 0.2) is 46.9 Å². The molecular weight excluding hydrogens is 319 g/mol. The third-order valence-corrected chi connectivity index (χ3v) is 3.77. The summed E-state index contributed by atoms with van der Waals surface area (Å²) in [5.41, 5.74) is 1.51. The van der Waals surface area contributed by atoms with Crippen molar-refractivity contribution in [3.63, 3.8) is 0 Å². The fourth-order valence-electron chi connectivity index (χ4n) is 1.75. The molecule has 2 rings (SSSR count). The van der Waals surface area contributed by atoms with Crippen molar-refractivity contribution in [2.24, 2.45) is 0 Å². The van der Waals surface area contributed by atoms with Crippen LogP contribution >= 0.6 is 27.5 Å². The molecule has 0 amide bonds. The van der Waals surface area contributed by atoms with Gasteiger partial charge in [-0.1, -0.05) is 51.8 Å². The van der Waals surface area contributed by atoms with Crippen molar-refractivity contribution >= 4 is 27.5 Å². The molecule has 0 fully saturated rings. The van der Waals surface area contributed by atoms with Gasteiger partial charge in [-0.2, -0.15) is 0 Å². The van der Waals surface area contributed by atoms with Crippen LogP contribution in [-0.2, 0) is 6.42 Å². The van der Waals surface area contributed by atoms with Crippen LogP contribution in [0.25, 0.3) is 0 Å². The SMILES string of the molecule is OC(Cc1ccc(F)cc1Cl)c1ccccc1Br. The third-order valence-electron chi connectivity index (χ3n) is 2.69. The molecule has 0 aliphatic carbocycles. The molecule has 0 bridgehead atoms. The Bertz CT molecular complexity index is 559. The fraction of sp³-hybridized carbons (Fsp3) is 0.143. The lowest BCUT2D eigenvalue weighted by Crippen LogP contribution is -2.03. The zero-order valence-electron chi connectivity index (χ0n) is 9.41. The molecule has 0 aromatic heterocycles. The standard InChI is InChI=1S/C14H11BrClFO/c15-12-4-2-1-3-11(12)14(18)7-9-5-6-10(17)8-13(9)16/h1-6,8,14,18H,7H2. The van der Waals surface area contributed by atoms with Crippen molar-refractivity contribution in [1.29, 1.82) is 0 Å². The minimum absolute atomic E-state index is 0.334. The predicted molar refractivity (Wildman–Crippen MR) is 74.2 cm³/mol. The Labute approximate surface area is 118 Å². The molecule has 4 heteroatoms. The van der Waals surface area contributed by atoms with Crippen molar-refractivity contribution in [3.05, 3.63) is 68.9 Å². The maximum Gasteiger partial charge on any atom is 0.124 e. The number of halogens is 3. The summed E-state index contributed by atoms with van der Waals surface area (Å²) >= 11 is 9.33. The van der Waals surface area contributed by atoms with E-state index in [0.29, 0.717) is 11.4 Å². The summed E-state index contributed by atoms with van der Waals surface area (Å²) in [6, 6.07) is 11.6. The largest absolute Gasteiger partial charge is 0.388 e. The molecular formula is C14H11BrClFO. The van der Waals surface area contributed by atoms with Crippen molar-refractivity contribution in [2.45, 2.75) is 12.5 Å². The smallest absolute Gasteiger partial charge is 0.124 e. The summed E-state index contributed by atoms with van der Waals surface area (Å²) in [6.07, 6.45) is -0.328. The van der Waals surface area contributed by atoms with Crippen molar-refractivity contribution < 1.29 is 9.50 Å². The molecule has 0 heterocycles. The molecule has 0 saturated carbocycles. The van der Waals surface area contributed by atoms with E-state index in [1.807, 2.05) is 24.3 Å². The Morgan fingerprint density at radius 1 is 1.22 bits per heavy atom. The Morgan fingerprint density at radius 3 is 2.61 bits per heavy atom. The van der Waals surface area contributed by atoms with E-state index in [-0.39, 0.29) is 5.82 Å². The first kappa shape index (κ1) is 13.5. The molecule has 2 aromatic rings. The second-order valence-electron chi connectivity index (χ2n) is 3.98. The molecule has 1 atom stereocenters. The van der Waals surface area contributed by atoms with Gasteiger partial charge in [0.05, 0.1) is 6.10 Å². The van der Waals surface area contributed by atoms with E-state index in [0.717, 1.165) is 15.6 Å². The molecule has 0 aliphatic rings. The zero-order valence-corrected chi connectivity index (χ0v) is 11.7. The zero-order chi connectivity index (χ0) is 13.1. The average Bonchev–Trinajstić information content (AvgIpc) is 2.33. The lowest BCUT2D eigenvalue weighted by molar-refractivity contribution is 0.177. The Morgan fingerprint density at radius 2 is 1.94 bits per heavy atom. The average molecular weight is 330 g/mol. The molecule has 18 heavy (non-hydrogen) atoms. The van der Waals surface area contributed by atoms with E-state index in [9.17, 15) is 9.50 Å². The van der Waals surface area contributed by atoms with Crippen LogP contribution in [0.3, 0.4) is 0 Å². The second kappa shape index (κ2) is 5.83. The first-order valence-corrected chi connectivity index (χ1v) is 6.61. The first-order valence-electron chi connectivity index (χ1n) is 5.44. The topological polar surface area (TPSA) is 20.2 Å². The first-order chi connectivity index (χ1) is 8.58. The fourth-order valence-corrected chi connectivity index (χ4v) is 2.54. The number of aliphatic hydroxyl groups is 1. The molecule has 1 N–H and O–H groups in total. The molecule has 0 radical (unpaired) electrons. The van der Waals surface area contributed by atoms with Gasteiger partial charge < -0.3 is 5.11 Å². The second-order valence-corrected chi connectivity index (χ2v) is 5.24. The summed E-state index contributed by atoms with van der Waals surface area (Å²) in [5.74, 6) is -0.376. The molecule has 0 spiro atoms. The summed E-state index contributed by atoms with van der Waals surface area (Å²) in [6.45, 7) is 0. The van der Waals surface area contributed by atoms with Gasteiger partial charge in [0.2, 0.25) is 0 Å². The summed E-state index contributed by atoms with van der Waals surface area (Å²) in [7, 11) is 0. The molecule has 1 unspecified atom stereocenters. The third kappa shape index (κ3) is 3.10. The molecule has 94 valence electrons. The summed E-state index contributed by atoms with van der Waals surface area (Å²) in [4.78, 5) is 0. The van der Waals surface area contributed by atoms with E-state index >= 15 is 0 Å². The Kier molecular flexibility index (Phi) is 4.38. The van der Waals surface area contributed by atoms with Gasteiger partial charge in [-0.05, 0) is 29.3 Å². The Hall–Kier alpha value is -0.900. The van der Waals surface area contributed by atoms with Crippen molar-refractivity contribution in [1.82, 2.24) is 0 Å². The van der Waals surface area contributed by atoms with E-state index in [4.69, 9.17) is 11.6 Å². The number of hydrogen-bond acceptors (Lipinski definition) is 1. The highest BCUT2D eigenvalue weighted by Crippen LogP contribution is 2.28. The lowest BCUT2D eigenvalue weighted by atomic mass is 10.0. The lowest BCUT2D eigenvalue weighted by Gasteiger charge is -2.13. The van der Waals surface area contributed by atoms with Crippen LogP contribution in [0, 0.1) is 5.82 Å². The predicted octanol–water partition coefficient (Wildman–Crippen LogP) is 4.52. The number of benzene rings is 2. The normalized spacial score (nSPS) is 12.4. The van der Waals surface area contributed by atoms with Crippen LogP contribution in [-0.4, -0.2) is 5.11 Å². The highest BCUT2D eigenvalue weighted by Gasteiger charge is 2.13. The van der Waals surface area contributed by atoms with Gasteiger partial charge in [-0.25, -0.2) is 4.39 Å². The van der Waals surface area contributed by atoms with Gasteiger partial charge in [0, 0.05) is 15.9 Å². The number of aliphatic hydroxyl groups excluding tert-OH is 1. The van der Waals surface area contributed by atoms with Crippen LogP contribution in [0.1, 0.15) is 17.2 Å². The van der Waals surface area contributed by atoms with Gasteiger partial charge in [0.25, 0.3) is 0 Å². The number of rotatable bonds is 3. The van der Waals surface area contributed by atoms with Crippen molar-refractivity contribution in [2.75, 3.05) is 0 Å². The van der Waals surface area contributed by atoms with Crippen LogP contribution in [0.4, 0.5) is 4.39 Å². The minimum Gasteiger partial charge on any atom is -0.388 e. The van der Waals surface area contributed by atoms with Crippen LogP contribution in [0.5, 0.6) is 0 Å². The molecule has 1 nitrogen and oxygen atoms in total. The van der Waals surface area contributed by atoms with E-state index < -0.39 is 6.10 Å². The highest BCUT2D eigenvalue weighted by molar-refractivity contribution is 9.10. The molecule has 2 aromatic carbocycles. The Balaban J connectivity index is 2.21.